The first-order valence-electron chi connectivity index (χ1n) is 7.70. The predicted octanol–water partition coefficient (Wildman–Crippen LogP) is 4.77. The van der Waals surface area contributed by atoms with E-state index in [0.717, 1.165) is 17.4 Å². The summed E-state index contributed by atoms with van der Waals surface area (Å²) in [6.07, 6.45) is 5.02. The number of nitrogens with one attached hydrogen (secondary N) is 1. The van der Waals surface area contributed by atoms with Crippen LogP contribution in [0.25, 0.3) is 0 Å². The van der Waals surface area contributed by atoms with Crippen LogP contribution in [0.2, 0.25) is 5.02 Å². The molecule has 6 heteroatoms. The molecule has 1 N–H and O–H groups in total. The molecule has 1 atom stereocenters. The molecule has 0 amide bonds. The van der Waals surface area contributed by atoms with Crippen LogP contribution in [0.1, 0.15) is 32.6 Å². The first-order chi connectivity index (χ1) is 10.6. The van der Waals surface area contributed by atoms with E-state index in [4.69, 9.17) is 28.8 Å². The zero-order chi connectivity index (χ0) is 15.5. The summed E-state index contributed by atoms with van der Waals surface area (Å²) in [5.74, 6) is 0. The van der Waals surface area contributed by atoms with Crippen LogP contribution >= 0.6 is 35.6 Å². The van der Waals surface area contributed by atoms with Crippen molar-refractivity contribution in [2.75, 3.05) is 11.9 Å². The fourth-order valence-corrected chi connectivity index (χ4v) is 4.45. The quantitative estimate of drug-likeness (QED) is 0.775. The molecule has 0 bridgehead atoms. The van der Waals surface area contributed by atoms with Gasteiger partial charge in [-0.2, -0.15) is 0 Å². The number of aliphatic imine (C=N–C) groups is 1. The molecule has 1 saturated heterocycles. The smallest absolute Gasteiger partial charge is 0.179 e. The van der Waals surface area contributed by atoms with E-state index >= 15 is 0 Å². The van der Waals surface area contributed by atoms with E-state index in [-0.39, 0.29) is 0 Å². The maximum absolute atomic E-state index is 6.03. The Balaban J connectivity index is 1.71. The second-order valence-corrected chi connectivity index (χ2v) is 8.06. The predicted molar refractivity (Wildman–Crippen MR) is 101 cm³/mol. The van der Waals surface area contributed by atoms with E-state index in [1.54, 1.807) is 0 Å². The number of benzene rings is 1. The molecule has 1 aliphatic carbocycles. The monoisotopic (exact) mass is 353 g/mol. The average molecular weight is 354 g/mol. The summed E-state index contributed by atoms with van der Waals surface area (Å²) >= 11 is 13.4. The van der Waals surface area contributed by atoms with Crippen LogP contribution in [0.4, 0.5) is 5.69 Å². The summed E-state index contributed by atoms with van der Waals surface area (Å²) in [5.41, 5.74) is 0.919. The second kappa shape index (κ2) is 7.20. The Morgan fingerprint density at radius 1 is 1.41 bits per heavy atom. The fourth-order valence-electron chi connectivity index (χ4n) is 2.83. The average Bonchev–Trinajstić information content (AvgIpc) is 3.09. The SMILES string of the molecule is CC1CN(C(=S)Nc2cccc(Cl)c2)C(=NC2CCCC2)S1. The molecule has 2 fully saturated rings. The molecular formula is C16H20ClN3S2. The van der Waals surface area contributed by atoms with Gasteiger partial charge in [0, 0.05) is 22.5 Å². The first-order valence-corrected chi connectivity index (χ1v) is 9.37. The zero-order valence-corrected chi connectivity index (χ0v) is 15.0. The number of hydrogen-bond acceptors (Lipinski definition) is 3. The number of halogens is 1. The van der Waals surface area contributed by atoms with Crippen molar-refractivity contribution in [2.45, 2.75) is 43.9 Å². The molecule has 3 rings (SSSR count). The molecule has 1 aromatic rings. The number of nitrogens with zero attached hydrogens (tertiary/aromatic N) is 2. The van der Waals surface area contributed by atoms with Gasteiger partial charge in [0.1, 0.15) is 0 Å². The second-order valence-electron chi connectivity index (χ2n) is 5.83. The molecule has 1 saturated carbocycles. The lowest BCUT2D eigenvalue weighted by Crippen LogP contribution is -2.36. The fraction of sp³-hybridized carbons (Fsp3) is 0.500. The van der Waals surface area contributed by atoms with Crippen LogP contribution in [-0.2, 0) is 0 Å². The Kier molecular flexibility index (Phi) is 5.26. The molecule has 0 radical (unpaired) electrons. The number of rotatable bonds is 2. The van der Waals surface area contributed by atoms with E-state index in [2.05, 4.69) is 17.1 Å². The molecule has 1 aromatic carbocycles. The summed E-state index contributed by atoms with van der Waals surface area (Å²) in [4.78, 5) is 7.07. The van der Waals surface area contributed by atoms with Gasteiger partial charge in [-0.15, -0.1) is 0 Å². The largest absolute Gasteiger partial charge is 0.332 e. The maximum atomic E-state index is 6.03. The Labute approximate surface area is 146 Å². The van der Waals surface area contributed by atoms with Gasteiger partial charge in [-0.3, -0.25) is 9.89 Å². The summed E-state index contributed by atoms with van der Waals surface area (Å²) in [6.45, 7) is 3.12. The summed E-state index contributed by atoms with van der Waals surface area (Å²) in [6, 6.07) is 8.11. The molecular weight excluding hydrogens is 334 g/mol. The van der Waals surface area contributed by atoms with E-state index in [1.807, 2.05) is 36.0 Å². The van der Waals surface area contributed by atoms with Crippen LogP contribution in [0.3, 0.4) is 0 Å². The maximum Gasteiger partial charge on any atom is 0.179 e. The van der Waals surface area contributed by atoms with Crippen molar-refractivity contribution >= 4 is 51.5 Å². The number of hydrogen-bond donors (Lipinski definition) is 1. The molecule has 1 heterocycles. The molecule has 2 aliphatic rings. The van der Waals surface area contributed by atoms with Gasteiger partial charge >= 0.3 is 0 Å². The van der Waals surface area contributed by atoms with Crippen molar-refractivity contribution in [1.82, 2.24) is 4.90 Å². The highest BCUT2D eigenvalue weighted by Crippen LogP contribution is 2.30. The van der Waals surface area contributed by atoms with Gasteiger partial charge in [0.2, 0.25) is 0 Å². The Morgan fingerprint density at radius 3 is 2.91 bits per heavy atom. The van der Waals surface area contributed by atoms with E-state index < -0.39 is 0 Å². The Hall–Kier alpha value is -0.780. The van der Waals surface area contributed by atoms with E-state index in [9.17, 15) is 0 Å². The molecule has 1 aliphatic heterocycles. The standard InChI is InChI=1S/C16H20ClN3S2/c1-11-10-20(16(22-11)19-13-6-2-3-7-13)15(21)18-14-8-4-5-12(17)9-14/h4-5,8-9,11,13H,2-3,6-7,10H2,1H3,(H,18,21). The lowest BCUT2D eigenvalue weighted by molar-refractivity contribution is 0.622. The minimum atomic E-state index is 0.476. The van der Waals surface area contributed by atoms with Gasteiger partial charge in [0.05, 0.1) is 6.04 Å². The minimum Gasteiger partial charge on any atom is -0.332 e. The number of anilines is 1. The molecule has 1 unspecified atom stereocenters. The van der Waals surface area contributed by atoms with Crippen molar-refractivity contribution in [3.8, 4) is 0 Å². The van der Waals surface area contributed by atoms with Crippen molar-refractivity contribution < 1.29 is 0 Å². The summed E-state index contributed by atoms with van der Waals surface area (Å²) in [5, 5.41) is 6.27. The first kappa shape index (κ1) is 16.1. The van der Waals surface area contributed by atoms with Crippen LogP contribution < -0.4 is 5.32 Å². The van der Waals surface area contributed by atoms with Crippen molar-refractivity contribution in [1.29, 1.82) is 0 Å². The van der Waals surface area contributed by atoms with E-state index in [0.29, 0.717) is 21.4 Å². The highest BCUT2D eigenvalue weighted by molar-refractivity contribution is 8.14. The molecule has 22 heavy (non-hydrogen) atoms. The summed E-state index contributed by atoms with van der Waals surface area (Å²) < 4.78 is 0. The van der Waals surface area contributed by atoms with Gasteiger partial charge < -0.3 is 5.32 Å². The third kappa shape index (κ3) is 3.94. The van der Waals surface area contributed by atoms with Crippen molar-refractivity contribution in [2.24, 2.45) is 4.99 Å². The minimum absolute atomic E-state index is 0.476. The lowest BCUT2D eigenvalue weighted by atomic mass is 10.3. The van der Waals surface area contributed by atoms with E-state index in [1.165, 1.54) is 25.7 Å². The van der Waals surface area contributed by atoms with Gasteiger partial charge in [0.15, 0.2) is 10.3 Å². The van der Waals surface area contributed by atoms with Crippen LogP contribution in [0, 0.1) is 0 Å². The topological polar surface area (TPSA) is 27.6 Å². The number of thioether (sulfide) groups is 1. The lowest BCUT2D eigenvalue weighted by Gasteiger charge is -2.21. The summed E-state index contributed by atoms with van der Waals surface area (Å²) in [7, 11) is 0. The third-order valence-electron chi connectivity index (χ3n) is 3.92. The number of thiocarbonyl (C=S) groups is 1. The zero-order valence-electron chi connectivity index (χ0n) is 12.6. The van der Waals surface area contributed by atoms with Crippen LogP contribution in [0.15, 0.2) is 29.3 Å². The van der Waals surface area contributed by atoms with Gasteiger partial charge in [0.25, 0.3) is 0 Å². The third-order valence-corrected chi connectivity index (χ3v) is 5.56. The van der Waals surface area contributed by atoms with Gasteiger partial charge in [-0.1, -0.05) is 49.2 Å². The molecule has 3 nitrogen and oxygen atoms in total. The highest BCUT2D eigenvalue weighted by atomic mass is 35.5. The number of amidine groups is 1. The molecule has 118 valence electrons. The molecule has 0 spiro atoms. The molecule has 0 aromatic heterocycles. The van der Waals surface area contributed by atoms with Crippen LogP contribution in [0.5, 0.6) is 0 Å². The van der Waals surface area contributed by atoms with Crippen LogP contribution in [-0.4, -0.2) is 33.0 Å². The van der Waals surface area contributed by atoms with Gasteiger partial charge in [-0.25, -0.2) is 0 Å². The highest BCUT2D eigenvalue weighted by Gasteiger charge is 2.30. The van der Waals surface area contributed by atoms with Crippen molar-refractivity contribution in [3.63, 3.8) is 0 Å². The van der Waals surface area contributed by atoms with Crippen molar-refractivity contribution in [3.05, 3.63) is 29.3 Å². The van der Waals surface area contributed by atoms with Gasteiger partial charge in [-0.05, 0) is 43.3 Å². The Morgan fingerprint density at radius 2 is 2.18 bits per heavy atom. The Bertz CT molecular complexity index is 585. The normalized spacial score (nSPS) is 24.2.